The molecule has 1 aromatic rings. The number of benzene rings is 1. The van der Waals surface area contributed by atoms with Gasteiger partial charge >= 0.3 is 0 Å². The maximum Gasteiger partial charge on any atom is 0.130 e. The number of rotatable bonds is 5. The molecule has 0 fully saturated rings. The molecule has 1 rings (SSSR count). The number of aliphatic hydroxyl groups excluding tert-OH is 1. The molecule has 0 aliphatic carbocycles. The largest absolute Gasteiger partial charge is 0.388 e. The van der Waals surface area contributed by atoms with E-state index >= 15 is 0 Å². The number of hydrogen-bond acceptors (Lipinski definition) is 1. The predicted octanol–water partition coefficient (Wildman–Crippen LogP) is 4.45. The topological polar surface area (TPSA) is 20.2 Å². The van der Waals surface area contributed by atoms with Crippen LogP contribution in [0.3, 0.4) is 0 Å². The van der Waals surface area contributed by atoms with E-state index in [-0.39, 0.29) is 5.82 Å². The van der Waals surface area contributed by atoms with Gasteiger partial charge in [-0.3, -0.25) is 0 Å². The van der Waals surface area contributed by atoms with Crippen LogP contribution in [0, 0.1) is 11.7 Å². The van der Waals surface area contributed by atoms with Crippen molar-refractivity contribution in [3.05, 3.63) is 34.1 Å². The SMILES string of the molecule is CC(C)CCCC(O)c1ccc(Br)cc1F. The first-order chi connectivity index (χ1) is 7.50. The Kier molecular flexibility index (Phi) is 5.42. The van der Waals surface area contributed by atoms with Gasteiger partial charge in [0.05, 0.1) is 6.10 Å². The van der Waals surface area contributed by atoms with E-state index in [0.29, 0.717) is 22.4 Å². The molecule has 0 aliphatic rings. The van der Waals surface area contributed by atoms with Crippen LogP contribution >= 0.6 is 15.9 Å². The molecule has 0 heterocycles. The van der Waals surface area contributed by atoms with Gasteiger partial charge in [0.2, 0.25) is 0 Å². The first-order valence-corrected chi connectivity index (χ1v) is 6.43. The normalized spacial score (nSPS) is 13.1. The molecule has 0 aliphatic heterocycles. The van der Waals surface area contributed by atoms with Gasteiger partial charge in [0.15, 0.2) is 0 Å². The van der Waals surface area contributed by atoms with Gasteiger partial charge in [0.1, 0.15) is 5.82 Å². The van der Waals surface area contributed by atoms with Crippen molar-refractivity contribution in [3.8, 4) is 0 Å². The van der Waals surface area contributed by atoms with Crippen LogP contribution in [0.25, 0.3) is 0 Å². The molecule has 1 N–H and O–H groups in total. The molecular formula is C13H18BrFO. The van der Waals surface area contributed by atoms with Crippen molar-refractivity contribution in [2.24, 2.45) is 5.92 Å². The van der Waals surface area contributed by atoms with E-state index in [1.54, 1.807) is 12.1 Å². The third-order valence-electron chi connectivity index (χ3n) is 2.58. The Labute approximate surface area is 105 Å². The summed E-state index contributed by atoms with van der Waals surface area (Å²) in [6.45, 7) is 4.29. The van der Waals surface area contributed by atoms with Crippen molar-refractivity contribution in [3.63, 3.8) is 0 Å². The molecule has 0 radical (unpaired) electrons. The zero-order valence-corrected chi connectivity index (χ0v) is 11.3. The lowest BCUT2D eigenvalue weighted by Crippen LogP contribution is -2.01. The highest BCUT2D eigenvalue weighted by Gasteiger charge is 2.12. The highest BCUT2D eigenvalue weighted by Crippen LogP contribution is 2.25. The maximum absolute atomic E-state index is 13.5. The fraction of sp³-hybridized carbons (Fsp3) is 0.538. The first-order valence-electron chi connectivity index (χ1n) is 5.63. The molecule has 0 aromatic heterocycles. The van der Waals surface area contributed by atoms with Crippen LogP contribution in [-0.2, 0) is 0 Å². The maximum atomic E-state index is 13.5. The Bertz CT molecular complexity index is 339. The molecule has 3 heteroatoms. The van der Waals surface area contributed by atoms with E-state index in [1.165, 1.54) is 6.07 Å². The second-order valence-electron chi connectivity index (χ2n) is 4.51. The minimum absolute atomic E-state index is 0.341. The molecule has 0 saturated carbocycles. The van der Waals surface area contributed by atoms with E-state index in [1.807, 2.05) is 0 Å². The lowest BCUT2D eigenvalue weighted by molar-refractivity contribution is 0.157. The Morgan fingerprint density at radius 1 is 1.31 bits per heavy atom. The summed E-state index contributed by atoms with van der Waals surface area (Å²) in [5.74, 6) is 0.286. The Morgan fingerprint density at radius 2 is 2.00 bits per heavy atom. The van der Waals surface area contributed by atoms with Crippen LogP contribution in [0.5, 0.6) is 0 Å². The van der Waals surface area contributed by atoms with Crippen LogP contribution in [0.15, 0.2) is 22.7 Å². The Hall–Kier alpha value is -0.410. The zero-order chi connectivity index (χ0) is 12.1. The Morgan fingerprint density at radius 3 is 2.56 bits per heavy atom. The van der Waals surface area contributed by atoms with Gasteiger partial charge in [-0.15, -0.1) is 0 Å². The molecule has 90 valence electrons. The molecule has 1 unspecified atom stereocenters. The lowest BCUT2D eigenvalue weighted by Gasteiger charge is -2.12. The molecule has 0 spiro atoms. The summed E-state index contributed by atoms with van der Waals surface area (Å²) in [6.07, 6.45) is 1.92. The van der Waals surface area contributed by atoms with Crippen molar-refractivity contribution in [2.75, 3.05) is 0 Å². The molecule has 0 amide bonds. The third kappa shape index (κ3) is 4.22. The summed E-state index contributed by atoms with van der Waals surface area (Å²) in [4.78, 5) is 0. The quantitative estimate of drug-likeness (QED) is 0.849. The summed E-state index contributed by atoms with van der Waals surface area (Å²) >= 11 is 3.20. The van der Waals surface area contributed by atoms with Gasteiger partial charge in [-0.25, -0.2) is 4.39 Å². The van der Waals surface area contributed by atoms with Crippen LogP contribution in [0.1, 0.15) is 44.8 Å². The average molecular weight is 289 g/mol. The van der Waals surface area contributed by atoms with E-state index in [4.69, 9.17) is 0 Å². The molecular weight excluding hydrogens is 271 g/mol. The van der Waals surface area contributed by atoms with E-state index < -0.39 is 6.10 Å². The summed E-state index contributed by atoms with van der Waals surface area (Å²) in [7, 11) is 0. The average Bonchev–Trinajstić information content (AvgIpc) is 2.16. The lowest BCUT2D eigenvalue weighted by atomic mass is 10.00. The van der Waals surface area contributed by atoms with Gasteiger partial charge in [-0.2, -0.15) is 0 Å². The second kappa shape index (κ2) is 6.36. The van der Waals surface area contributed by atoms with Gasteiger partial charge in [0.25, 0.3) is 0 Å². The second-order valence-corrected chi connectivity index (χ2v) is 5.42. The van der Waals surface area contributed by atoms with E-state index in [9.17, 15) is 9.50 Å². The van der Waals surface area contributed by atoms with Crippen molar-refractivity contribution in [2.45, 2.75) is 39.2 Å². The van der Waals surface area contributed by atoms with Gasteiger partial charge in [0, 0.05) is 10.0 Å². The predicted molar refractivity (Wildman–Crippen MR) is 67.7 cm³/mol. The molecule has 16 heavy (non-hydrogen) atoms. The van der Waals surface area contributed by atoms with Crippen molar-refractivity contribution in [1.29, 1.82) is 0 Å². The van der Waals surface area contributed by atoms with Gasteiger partial charge < -0.3 is 5.11 Å². The number of aliphatic hydroxyl groups is 1. The van der Waals surface area contributed by atoms with Gasteiger partial charge in [-0.1, -0.05) is 48.7 Å². The third-order valence-corrected chi connectivity index (χ3v) is 3.07. The van der Waals surface area contributed by atoms with Crippen molar-refractivity contribution in [1.82, 2.24) is 0 Å². The first kappa shape index (κ1) is 13.7. The molecule has 0 bridgehead atoms. The highest BCUT2D eigenvalue weighted by atomic mass is 79.9. The fourth-order valence-electron chi connectivity index (χ4n) is 1.65. The summed E-state index contributed by atoms with van der Waals surface area (Å²) in [5.41, 5.74) is 0.395. The van der Waals surface area contributed by atoms with E-state index in [2.05, 4.69) is 29.8 Å². The van der Waals surface area contributed by atoms with E-state index in [0.717, 1.165) is 12.8 Å². The van der Waals surface area contributed by atoms with Crippen molar-refractivity contribution < 1.29 is 9.50 Å². The number of halogens is 2. The monoisotopic (exact) mass is 288 g/mol. The fourth-order valence-corrected chi connectivity index (χ4v) is 1.98. The highest BCUT2D eigenvalue weighted by molar-refractivity contribution is 9.10. The molecule has 1 atom stereocenters. The van der Waals surface area contributed by atoms with Crippen LogP contribution in [0.4, 0.5) is 4.39 Å². The standard InChI is InChI=1S/C13H18BrFO/c1-9(2)4-3-5-13(16)11-7-6-10(14)8-12(11)15/h6-9,13,16H,3-5H2,1-2H3. The summed E-state index contributed by atoms with van der Waals surface area (Å²) < 4.78 is 14.2. The molecule has 1 aromatic carbocycles. The summed E-state index contributed by atoms with van der Waals surface area (Å²) in [6, 6.07) is 4.78. The Balaban J connectivity index is 2.55. The smallest absolute Gasteiger partial charge is 0.130 e. The number of hydrogen-bond donors (Lipinski definition) is 1. The molecule has 1 nitrogen and oxygen atoms in total. The minimum atomic E-state index is -0.688. The van der Waals surface area contributed by atoms with Crippen molar-refractivity contribution >= 4 is 15.9 Å². The summed E-state index contributed by atoms with van der Waals surface area (Å²) in [5, 5.41) is 9.85. The van der Waals surface area contributed by atoms with Crippen LogP contribution in [-0.4, -0.2) is 5.11 Å². The minimum Gasteiger partial charge on any atom is -0.388 e. The zero-order valence-electron chi connectivity index (χ0n) is 9.71. The van der Waals surface area contributed by atoms with Crippen LogP contribution in [0.2, 0.25) is 0 Å². The van der Waals surface area contributed by atoms with Gasteiger partial charge in [-0.05, 0) is 24.5 Å². The molecule has 0 saturated heterocycles. The van der Waals surface area contributed by atoms with Crippen LogP contribution < -0.4 is 0 Å².